The zero-order valence-electron chi connectivity index (χ0n) is 13.9. The van der Waals surface area contributed by atoms with Crippen LogP contribution in [0, 0.1) is 0 Å². The first-order valence-electron chi connectivity index (χ1n) is 8.79. The number of nitrogens with two attached hydrogens (primary N) is 2. The van der Waals surface area contributed by atoms with Crippen molar-refractivity contribution in [2.24, 2.45) is 0 Å². The molecular weight excluding hydrogens is 268 g/mol. The van der Waals surface area contributed by atoms with Crippen molar-refractivity contribution in [1.82, 2.24) is 0 Å². The lowest BCUT2D eigenvalue weighted by Gasteiger charge is -2.09. The first-order valence-corrected chi connectivity index (χ1v) is 8.79. The highest BCUT2D eigenvalue weighted by atomic mass is 14.6. The van der Waals surface area contributed by atoms with E-state index in [2.05, 4.69) is 19.1 Å². The zero-order valence-corrected chi connectivity index (χ0v) is 13.9. The third-order valence-electron chi connectivity index (χ3n) is 4.47. The third kappa shape index (κ3) is 4.66. The Bertz CT molecular complexity index is 590. The molecule has 0 amide bonds. The molecule has 120 valence electrons. The van der Waals surface area contributed by atoms with E-state index in [1.807, 2.05) is 18.2 Å². The van der Waals surface area contributed by atoms with Gasteiger partial charge in [0.25, 0.3) is 0 Å². The maximum Gasteiger partial charge on any atom is 0.0394 e. The van der Waals surface area contributed by atoms with Crippen LogP contribution in [0.1, 0.15) is 63.9 Å². The monoisotopic (exact) mass is 298 g/mol. The summed E-state index contributed by atoms with van der Waals surface area (Å²) in [6, 6.07) is 10.3. The van der Waals surface area contributed by atoms with Gasteiger partial charge in [-0.05, 0) is 42.0 Å². The van der Waals surface area contributed by atoms with Crippen molar-refractivity contribution in [2.75, 3.05) is 11.5 Å². The van der Waals surface area contributed by atoms with E-state index in [1.165, 1.54) is 62.3 Å². The SMILES string of the molecule is CCCCCCCCCCc1cc2cccc(N)c2cc1N. The number of unbranched alkanes of at least 4 members (excludes halogenated alkanes) is 7. The number of rotatable bonds is 9. The molecule has 22 heavy (non-hydrogen) atoms. The minimum atomic E-state index is 0.808. The van der Waals surface area contributed by atoms with Crippen molar-refractivity contribution >= 4 is 22.1 Å². The van der Waals surface area contributed by atoms with Gasteiger partial charge >= 0.3 is 0 Å². The second kappa shape index (κ2) is 8.67. The van der Waals surface area contributed by atoms with Crippen molar-refractivity contribution in [3.63, 3.8) is 0 Å². The van der Waals surface area contributed by atoms with Crippen molar-refractivity contribution in [3.8, 4) is 0 Å². The topological polar surface area (TPSA) is 52.0 Å². The molecule has 0 aliphatic heterocycles. The van der Waals surface area contributed by atoms with Crippen LogP contribution < -0.4 is 11.5 Å². The Morgan fingerprint density at radius 1 is 0.773 bits per heavy atom. The standard InChI is InChI=1S/C20H30N2/c1-2-3-4-5-6-7-8-9-11-17-14-16-12-10-13-19(21)18(16)15-20(17)22/h10,12-15H,2-9,11,21-22H2,1H3. The van der Waals surface area contributed by atoms with Crippen LogP contribution in [0.15, 0.2) is 30.3 Å². The lowest BCUT2D eigenvalue weighted by Crippen LogP contribution is -1.96. The Hall–Kier alpha value is -1.70. The van der Waals surface area contributed by atoms with Gasteiger partial charge in [0.05, 0.1) is 0 Å². The van der Waals surface area contributed by atoms with Gasteiger partial charge in [0, 0.05) is 16.8 Å². The van der Waals surface area contributed by atoms with E-state index >= 15 is 0 Å². The maximum atomic E-state index is 6.20. The Balaban J connectivity index is 1.81. The van der Waals surface area contributed by atoms with Crippen LogP contribution in [0.3, 0.4) is 0 Å². The van der Waals surface area contributed by atoms with E-state index in [0.29, 0.717) is 0 Å². The van der Waals surface area contributed by atoms with Crippen molar-refractivity contribution < 1.29 is 0 Å². The van der Waals surface area contributed by atoms with Crippen molar-refractivity contribution in [3.05, 3.63) is 35.9 Å². The summed E-state index contributed by atoms with van der Waals surface area (Å²) in [5, 5.41) is 2.27. The van der Waals surface area contributed by atoms with Crippen LogP contribution in [0.5, 0.6) is 0 Å². The molecule has 2 heteroatoms. The molecule has 0 heterocycles. The normalized spacial score (nSPS) is 11.1. The Morgan fingerprint density at radius 3 is 2.18 bits per heavy atom. The first-order chi connectivity index (χ1) is 10.7. The van der Waals surface area contributed by atoms with E-state index in [9.17, 15) is 0 Å². The molecule has 0 aromatic heterocycles. The largest absolute Gasteiger partial charge is 0.398 e. The molecule has 2 aromatic carbocycles. The van der Waals surface area contributed by atoms with Crippen LogP contribution >= 0.6 is 0 Å². The summed E-state index contributed by atoms with van der Waals surface area (Å²) >= 11 is 0. The zero-order chi connectivity index (χ0) is 15.8. The van der Waals surface area contributed by atoms with Crippen LogP contribution in [-0.4, -0.2) is 0 Å². The summed E-state index contributed by atoms with van der Waals surface area (Å²) in [5.41, 5.74) is 15.2. The van der Waals surface area contributed by atoms with Gasteiger partial charge in [-0.3, -0.25) is 0 Å². The molecule has 0 radical (unpaired) electrons. The second-order valence-corrected chi connectivity index (χ2v) is 6.34. The number of fused-ring (bicyclic) bond motifs is 1. The highest BCUT2D eigenvalue weighted by Crippen LogP contribution is 2.27. The van der Waals surface area contributed by atoms with Gasteiger partial charge < -0.3 is 11.5 Å². The molecule has 0 aliphatic carbocycles. The van der Waals surface area contributed by atoms with Crippen LogP contribution in [0.25, 0.3) is 10.8 Å². The van der Waals surface area contributed by atoms with Gasteiger partial charge in [-0.1, -0.05) is 64.0 Å². The molecule has 0 spiro atoms. The van der Waals surface area contributed by atoms with Gasteiger partial charge in [-0.15, -0.1) is 0 Å². The van der Waals surface area contributed by atoms with Crippen LogP contribution in [-0.2, 0) is 6.42 Å². The van der Waals surface area contributed by atoms with Crippen LogP contribution in [0.2, 0.25) is 0 Å². The summed E-state index contributed by atoms with van der Waals surface area (Å²) in [7, 11) is 0. The quantitative estimate of drug-likeness (QED) is 0.461. The van der Waals surface area contributed by atoms with E-state index in [1.54, 1.807) is 0 Å². The number of aryl methyl sites for hydroxylation is 1. The molecule has 2 rings (SSSR count). The molecule has 2 aromatic rings. The fourth-order valence-electron chi connectivity index (χ4n) is 3.08. The molecular formula is C20H30N2. The minimum absolute atomic E-state index is 0.808. The average molecular weight is 298 g/mol. The Labute approximate surface area is 134 Å². The Morgan fingerprint density at radius 2 is 1.45 bits per heavy atom. The maximum absolute atomic E-state index is 6.20. The number of nitrogen functional groups attached to an aromatic ring is 2. The smallest absolute Gasteiger partial charge is 0.0394 e. The van der Waals surface area contributed by atoms with Crippen molar-refractivity contribution in [1.29, 1.82) is 0 Å². The van der Waals surface area contributed by atoms with Gasteiger partial charge in [0.2, 0.25) is 0 Å². The number of benzene rings is 2. The summed E-state index contributed by atoms with van der Waals surface area (Å²) in [5.74, 6) is 0. The fraction of sp³-hybridized carbons (Fsp3) is 0.500. The minimum Gasteiger partial charge on any atom is -0.398 e. The fourth-order valence-corrected chi connectivity index (χ4v) is 3.08. The van der Waals surface area contributed by atoms with Gasteiger partial charge in [-0.25, -0.2) is 0 Å². The first kappa shape index (κ1) is 16.7. The predicted molar refractivity (Wildman–Crippen MR) is 99.1 cm³/mol. The highest BCUT2D eigenvalue weighted by Gasteiger charge is 2.04. The lowest BCUT2D eigenvalue weighted by atomic mass is 9.99. The third-order valence-corrected chi connectivity index (χ3v) is 4.47. The summed E-state index contributed by atoms with van der Waals surface area (Å²) in [6.45, 7) is 2.27. The van der Waals surface area contributed by atoms with Gasteiger partial charge in [-0.2, -0.15) is 0 Å². The van der Waals surface area contributed by atoms with E-state index in [0.717, 1.165) is 23.2 Å². The molecule has 0 bridgehead atoms. The number of hydrogen-bond acceptors (Lipinski definition) is 2. The molecule has 0 atom stereocenters. The summed E-state index contributed by atoms with van der Waals surface area (Å²) in [4.78, 5) is 0. The summed E-state index contributed by atoms with van der Waals surface area (Å²) < 4.78 is 0. The molecule has 0 saturated carbocycles. The van der Waals surface area contributed by atoms with Crippen molar-refractivity contribution in [2.45, 2.75) is 64.7 Å². The average Bonchev–Trinajstić information content (AvgIpc) is 2.51. The number of hydrogen-bond donors (Lipinski definition) is 2. The van der Waals surface area contributed by atoms with E-state index in [4.69, 9.17) is 11.5 Å². The predicted octanol–water partition coefficient (Wildman–Crippen LogP) is 5.69. The molecule has 4 N–H and O–H groups in total. The highest BCUT2D eigenvalue weighted by molar-refractivity contribution is 5.95. The van der Waals surface area contributed by atoms with E-state index < -0.39 is 0 Å². The van der Waals surface area contributed by atoms with Crippen LogP contribution in [0.4, 0.5) is 11.4 Å². The second-order valence-electron chi connectivity index (χ2n) is 6.34. The van der Waals surface area contributed by atoms with Gasteiger partial charge in [0.15, 0.2) is 0 Å². The number of anilines is 2. The lowest BCUT2D eigenvalue weighted by molar-refractivity contribution is 0.576. The van der Waals surface area contributed by atoms with E-state index in [-0.39, 0.29) is 0 Å². The molecule has 0 saturated heterocycles. The van der Waals surface area contributed by atoms with Gasteiger partial charge in [0.1, 0.15) is 0 Å². The Kier molecular flexibility index (Phi) is 6.57. The molecule has 0 unspecified atom stereocenters. The summed E-state index contributed by atoms with van der Waals surface area (Å²) in [6.07, 6.45) is 11.8. The molecule has 2 nitrogen and oxygen atoms in total. The molecule has 0 aliphatic rings. The molecule has 0 fully saturated rings.